The second-order valence-corrected chi connectivity index (χ2v) is 6.97. The number of aryl methyl sites for hydroxylation is 1. The summed E-state index contributed by atoms with van der Waals surface area (Å²) in [4.78, 5) is 4.65. The number of rotatable bonds is 7. The molecule has 106 valence electrons. The Bertz CT molecular complexity index is 415. The highest BCUT2D eigenvalue weighted by molar-refractivity contribution is 5.29. The molecule has 1 N–H and O–H groups in total. The molecule has 2 aliphatic carbocycles. The third-order valence-corrected chi connectivity index (χ3v) is 4.41. The van der Waals surface area contributed by atoms with E-state index in [4.69, 9.17) is 0 Å². The van der Waals surface area contributed by atoms with Crippen LogP contribution in [0.5, 0.6) is 0 Å². The van der Waals surface area contributed by atoms with Gasteiger partial charge in [-0.2, -0.15) is 0 Å². The van der Waals surface area contributed by atoms with Crippen molar-refractivity contribution < 1.29 is 0 Å². The number of hydrogen-bond donors (Lipinski definition) is 1. The van der Waals surface area contributed by atoms with Crippen molar-refractivity contribution in [3.05, 3.63) is 11.9 Å². The molecule has 0 amide bonds. The van der Waals surface area contributed by atoms with E-state index in [0.29, 0.717) is 5.92 Å². The summed E-state index contributed by atoms with van der Waals surface area (Å²) in [6.07, 6.45) is 8.01. The number of anilines is 1. The Labute approximate surface area is 116 Å². The molecule has 1 aromatic heterocycles. The topological polar surface area (TPSA) is 29.9 Å². The lowest BCUT2D eigenvalue weighted by molar-refractivity contribution is 0.425. The molecule has 0 unspecified atom stereocenters. The van der Waals surface area contributed by atoms with Crippen molar-refractivity contribution in [1.29, 1.82) is 0 Å². The molecule has 2 saturated carbocycles. The molecule has 0 spiro atoms. The average molecular weight is 261 g/mol. The minimum Gasteiger partial charge on any atom is -0.355 e. The molecule has 2 aliphatic rings. The first-order chi connectivity index (χ1) is 9.13. The van der Waals surface area contributed by atoms with Crippen LogP contribution in [-0.2, 0) is 6.54 Å². The number of imidazole rings is 1. The molecular weight excluding hydrogens is 234 g/mol. The van der Waals surface area contributed by atoms with Gasteiger partial charge in [0.25, 0.3) is 0 Å². The number of nitrogens with zero attached hydrogens (tertiary/aromatic N) is 2. The molecular formula is C16H27N3. The Kier molecular flexibility index (Phi) is 3.55. The minimum absolute atomic E-state index is 0.664. The van der Waals surface area contributed by atoms with Gasteiger partial charge in [0.15, 0.2) is 0 Å². The van der Waals surface area contributed by atoms with E-state index in [9.17, 15) is 0 Å². The maximum atomic E-state index is 4.65. The van der Waals surface area contributed by atoms with Gasteiger partial charge in [0.2, 0.25) is 5.95 Å². The highest BCUT2D eigenvalue weighted by Crippen LogP contribution is 2.49. The van der Waals surface area contributed by atoms with Gasteiger partial charge in [0, 0.05) is 19.3 Å². The van der Waals surface area contributed by atoms with Gasteiger partial charge < -0.3 is 9.88 Å². The van der Waals surface area contributed by atoms with Crippen molar-refractivity contribution in [2.75, 3.05) is 11.9 Å². The van der Waals surface area contributed by atoms with Crippen molar-refractivity contribution in [1.82, 2.24) is 9.55 Å². The standard InChI is InChI=1S/C16H27N3/c1-11(2)9-19-10-12(3)18-16(19)17-8-15(13-4-5-13)14-6-7-14/h10-11,13-15H,4-9H2,1-3H3,(H,17,18). The molecule has 3 rings (SSSR count). The molecule has 3 nitrogen and oxygen atoms in total. The maximum Gasteiger partial charge on any atom is 0.203 e. The minimum atomic E-state index is 0.664. The molecule has 0 aliphatic heterocycles. The summed E-state index contributed by atoms with van der Waals surface area (Å²) in [5.41, 5.74) is 1.12. The molecule has 0 atom stereocenters. The monoisotopic (exact) mass is 261 g/mol. The van der Waals surface area contributed by atoms with E-state index < -0.39 is 0 Å². The molecule has 0 radical (unpaired) electrons. The number of nitrogens with one attached hydrogen (secondary N) is 1. The summed E-state index contributed by atoms with van der Waals surface area (Å²) in [7, 11) is 0. The van der Waals surface area contributed by atoms with Crippen molar-refractivity contribution in [2.24, 2.45) is 23.7 Å². The van der Waals surface area contributed by atoms with Crippen LogP contribution < -0.4 is 5.32 Å². The normalized spacial score (nSPS) is 19.4. The second kappa shape index (κ2) is 5.18. The van der Waals surface area contributed by atoms with E-state index in [1.54, 1.807) is 0 Å². The van der Waals surface area contributed by atoms with Crippen molar-refractivity contribution in [3.63, 3.8) is 0 Å². The van der Waals surface area contributed by atoms with Crippen molar-refractivity contribution >= 4 is 5.95 Å². The molecule has 1 heterocycles. The molecule has 0 saturated heterocycles. The van der Waals surface area contributed by atoms with Crippen LogP contribution in [-0.4, -0.2) is 16.1 Å². The maximum absolute atomic E-state index is 4.65. The van der Waals surface area contributed by atoms with Crippen LogP contribution >= 0.6 is 0 Å². The third-order valence-electron chi connectivity index (χ3n) is 4.41. The third kappa shape index (κ3) is 3.31. The Morgan fingerprint density at radius 2 is 1.89 bits per heavy atom. The SMILES string of the molecule is Cc1cn(CC(C)C)c(NCC(C2CC2)C2CC2)n1. The fraction of sp³-hybridized carbons (Fsp3) is 0.812. The molecule has 19 heavy (non-hydrogen) atoms. The van der Waals surface area contributed by atoms with Crippen molar-refractivity contribution in [3.8, 4) is 0 Å². The van der Waals surface area contributed by atoms with Crippen LogP contribution in [0.2, 0.25) is 0 Å². The lowest BCUT2D eigenvalue weighted by atomic mass is 9.98. The first kappa shape index (κ1) is 13.0. The summed E-state index contributed by atoms with van der Waals surface area (Å²) in [6.45, 7) is 8.79. The quantitative estimate of drug-likeness (QED) is 0.811. The average Bonchev–Trinajstić information content (AvgIpc) is 3.21. The van der Waals surface area contributed by atoms with Crippen molar-refractivity contribution in [2.45, 2.75) is 53.0 Å². The van der Waals surface area contributed by atoms with E-state index in [1.165, 1.54) is 25.7 Å². The van der Waals surface area contributed by atoms with Gasteiger partial charge >= 0.3 is 0 Å². The Balaban J connectivity index is 1.61. The van der Waals surface area contributed by atoms with Crippen LogP contribution in [0.1, 0.15) is 45.2 Å². The van der Waals surface area contributed by atoms with Gasteiger partial charge in [0.1, 0.15) is 0 Å². The van der Waals surface area contributed by atoms with E-state index in [1.807, 2.05) is 0 Å². The molecule has 0 bridgehead atoms. The van der Waals surface area contributed by atoms with Gasteiger partial charge in [-0.25, -0.2) is 4.98 Å². The van der Waals surface area contributed by atoms with Gasteiger partial charge in [-0.15, -0.1) is 0 Å². The van der Waals surface area contributed by atoms with E-state index in [-0.39, 0.29) is 0 Å². The Hall–Kier alpha value is -0.990. The fourth-order valence-corrected chi connectivity index (χ4v) is 3.20. The molecule has 3 heteroatoms. The van der Waals surface area contributed by atoms with E-state index in [0.717, 1.165) is 42.5 Å². The van der Waals surface area contributed by atoms with Crippen LogP contribution in [0.4, 0.5) is 5.95 Å². The molecule has 0 aromatic carbocycles. The fourth-order valence-electron chi connectivity index (χ4n) is 3.20. The smallest absolute Gasteiger partial charge is 0.203 e. The second-order valence-electron chi connectivity index (χ2n) is 6.97. The highest BCUT2D eigenvalue weighted by Gasteiger charge is 2.41. The van der Waals surface area contributed by atoms with Gasteiger partial charge in [-0.3, -0.25) is 0 Å². The number of aromatic nitrogens is 2. The lowest BCUT2D eigenvalue weighted by Gasteiger charge is -2.18. The van der Waals surface area contributed by atoms with Crippen LogP contribution in [0.25, 0.3) is 0 Å². The highest BCUT2D eigenvalue weighted by atomic mass is 15.2. The molecule has 1 aromatic rings. The molecule has 2 fully saturated rings. The Morgan fingerprint density at radius 1 is 1.26 bits per heavy atom. The first-order valence-electron chi connectivity index (χ1n) is 7.91. The number of hydrogen-bond acceptors (Lipinski definition) is 2. The summed E-state index contributed by atoms with van der Waals surface area (Å²) >= 11 is 0. The van der Waals surface area contributed by atoms with E-state index >= 15 is 0 Å². The predicted octanol–water partition coefficient (Wildman–Crippen LogP) is 3.70. The zero-order valence-electron chi connectivity index (χ0n) is 12.5. The largest absolute Gasteiger partial charge is 0.355 e. The predicted molar refractivity (Wildman–Crippen MR) is 79.2 cm³/mol. The van der Waals surface area contributed by atoms with Crippen LogP contribution in [0.15, 0.2) is 6.20 Å². The first-order valence-corrected chi connectivity index (χ1v) is 7.91. The zero-order valence-corrected chi connectivity index (χ0v) is 12.5. The van der Waals surface area contributed by atoms with Gasteiger partial charge in [-0.1, -0.05) is 13.8 Å². The summed E-state index contributed by atoms with van der Waals surface area (Å²) in [6, 6.07) is 0. The van der Waals surface area contributed by atoms with Gasteiger partial charge in [0.05, 0.1) is 5.69 Å². The van der Waals surface area contributed by atoms with E-state index in [2.05, 4.69) is 41.8 Å². The summed E-state index contributed by atoms with van der Waals surface area (Å²) in [5, 5.41) is 3.63. The Morgan fingerprint density at radius 3 is 2.42 bits per heavy atom. The summed E-state index contributed by atoms with van der Waals surface area (Å²) < 4.78 is 2.29. The zero-order chi connectivity index (χ0) is 13.4. The van der Waals surface area contributed by atoms with Crippen LogP contribution in [0.3, 0.4) is 0 Å². The summed E-state index contributed by atoms with van der Waals surface area (Å²) in [5.74, 6) is 4.67. The van der Waals surface area contributed by atoms with Crippen LogP contribution in [0, 0.1) is 30.6 Å². The lowest BCUT2D eigenvalue weighted by Crippen LogP contribution is -2.20. The van der Waals surface area contributed by atoms with Gasteiger partial charge in [-0.05, 0) is 56.3 Å².